The molecule has 2 rings (SSSR count). The van der Waals surface area contributed by atoms with Crippen LogP contribution in [-0.4, -0.2) is 23.1 Å². The Kier molecular flexibility index (Phi) is 4.39. The van der Waals surface area contributed by atoms with Crippen LogP contribution in [0.4, 0.5) is 11.6 Å². The van der Waals surface area contributed by atoms with Gasteiger partial charge in [-0.05, 0) is 19.8 Å². The van der Waals surface area contributed by atoms with E-state index < -0.39 is 0 Å². The molecule has 1 aliphatic rings. The molecule has 0 aromatic carbocycles. The van der Waals surface area contributed by atoms with Crippen LogP contribution in [0.1, 0.15) is 50.4 Å². The standard InChI is InChI=1S/C14H24N4/c1-4-12-17-13(15-3)10(2)14(18-12)16-11-8-6-5-7-9-11/h11H,4-9H2,1-3H3,(H2,15,16,17,18). The van der Waals surface area contributed by atoms with Crippen molar-refractivity contribution in [2.24, 2.45) is 0 Å². The normalized spacial score (nSPS) is 16.6. The maximum atomic E-state index is 4.63. The van der Waals surface area contributed by atoms with E-state index in [0.717, 1.165) is 29.4 Å². The van der Waals surface area contributed by atoms with E-state index in [1.54, 1.807) is 0 Å². The van der Waals surface area contributed by atoms with Crippen molar-refractivity contribution in [3.05, 3.63) is 11.4 Å². The molecule has 0 radical (unpaired) electrons. The Hall–Kier alpha value is -1.32. The van der Waals surface area contributed by atoms with Gasteiger partial charge in [-0.1, -0.05) is 26.2 Å². The Morgan fingerprint density at radius 1 is 1.11 bits per heavy atom. The van der Waals surface area contributed by atoms with E-state index in [2.05, 4.69) is 34.4 Å². The lowest BCUT2D eigenvalue weighted by Gasteiger charge is -2.24. The van der Waals surface area contributed by atoms with Crippen LogP contribution in [0.3, 0.4) is 0 Å². The number of hydrogen-bond donors (Lipinski definition) is 2. The van der Waals surface area contributed by atoms with E-state index in [4.69, 9.17) is 0 Å². The lowest BCUT2D eigenvalue weighted by atomic mass is 9.95. The molecule has 18 heavy (non-hydrogen) atoms. The third-order valence-corrected chi connectivity index (χ3v) is 3.69. The van der Waals surface area contributed by atoms with Crippen LogP contribution in [0.15, 0.2) is 0 Å². The van der Waals surface area contributed by atoms with Crippen LogP contribution in [0.5, 0.6) is 0 Å². The molecule has 1 fully saturated rings. The topological polar surface area (TPSA) is 49.8 Å². The molecule has 0 spiro atoms. The Morgan fingerprint density at radius 3 is 2.39 bits per heavy atom. The van der Waals surface area contributed by atoms with E-state index in [1.807, 2.05) is 7.05 Å². The predicted octanol–water partition coefficient (Wildman–Crippen LogP) is 3.13. The average molecular weight is 248 g/mol. The first-order valence-corrected chi connectivity index (χ1v) is 7.06. The Labute approximate surface area is 110 Å². The second-order valence-electron chi connectivity index (χ2n) is 5.04. The SMILES string of the molecule is CCc1nc(NC)c(C)c(NC2CCCCC2)n1. The molecular weight excluding hydrogens is 224 g/mol. The lowest BCUT2D eigenvalue weighted by molar-refractivity contribution is 0.461. The molecule has 1 aromatic rings. The van der Waals surface area contributed by atoms with Gasteiger partial charge in [0.05, 0.1) is 0 Å². The van der Waals surface area contributed by atoms with E-state index in [-0.39, 0.29) is 0 Å². The maximum absolute atomic E-state index is 4.63. The Balaban J connectivity index is 2.19. The predicted molar refractivity (Wildman–Crippen MR) is 76.2 cm³/mol. The van der Waals surface area contributed by atoms with Crippen LogP contribution < -0.4 is 10.6 Å². The first kappa shape index (κ1) is 13.1. The molecule has 0 unspecified atom stereocenters. The third kappa shape index (κ3) is 2.92. The highest BCUT2D eigenvalue weighted by Crippen LogP contribution is 2.25. The van der Waals surface area contributed by atoms with Crippen molar-refractivity contribution in [1.82, 2.24) is 9.97 Å². The molecule has 0 aliphatic heterocycles. The minimum absolute atomic E-state index is 0.585. The summed E-state index contributed by atoms with van der Waals surface area (Å²) in [6.45, 7) is 4.17. The zero-order chi connectivity index (χ0) is 13.0. The Bertz CT molecular complexity index is 397. The molecule has 1 heterocycles. The molecule has 100 valence electrons. The van der Waals surface area contributed by atoms with Crippen LogP contribution in [-0.2, 0) is 6.42 Å². The zero-order valence-electron chi connectivity index (χ0n) is 11.7. The van der Waals surface area contributed by atoms with Crippen molar-refractivity contribution >= 4 is 11.6 Å². The molecule has 0 saturated heterocycles. The van der Waals surface area contributed by atoms with Crippen LogP contribution in [0.2, 0.25) is 0 Å². The number of anilines is 2. The van der Waals surface area contributed by atoms with Gasteiger partial charge in [0.1, 0.15) is 17.5 Å². The fourth-order valence-corrected chi connectivity index (χ4v) is 2.55. The number of hydrogen-bond acceptors (Lipinski definition) is 4. The largest absolute Gasteiger partial charge is 0.373 e. The zero-order valence-corrected chi connectivity index (χ0v) is 11.7. The summed E-state index contributed by atoms with van der Waals surface area (Å²) in [7, 11) is 1.92. The smallest absolute Gasteiger partial charge is 0.134 e. The molecule has 1 aromatic heterocycles. The van der Waals surface area contributed by atoms with Crippen molar-refractivity contribution < 1.29 is 0 Å². The van der Waals surface area contributed by atoms with Gasteiger partial charge in [-0.2, -0.15) is 0 Å². The van der Waals surface area contributed by atoms with Gasteiger partial charge in [0.15, 0.2) is 0 Å². The van der Waals surface area contributed by atoms with Crippen molar-refractivity contribution in [2.45, 2.75) is 58.4 Å². The number of aromatic nitrogens is 2. The molecule has 0 amide bonds. The molecule has 0 bridgehead atoms. The van der Waals surface area contributed by atoms with E-state index >= 15 is 0 Å². The van der Waals surface area contributed by atoms with Crippen LogP contribution in [0.25, 0.3) is 0 Å². The molecule has 0 atom stereocenters. The second-order valence-corrected chi connectivity index (χ2v) is 5.04. The summed E-state index contributed by atoms with van der Waals surface area (Å²) in [4.78, 5) is 9.13. The molecular formula is C14H24N4. The van der Waals surface area contributed by atoms with Gasteiger partial charge in [-0.25, -0.2) is 9.97 Å². The van der Waals surface area contributed by atoms with Gasteiger partial charge < -0.3 is 10.6 Å². The van der Waals surface area contributed by atoms with Crippen molar-refractivity contribution in [3.8, 4) is 0 Å². The first-order valence-electron chi connectivity index (χ1n) is 7.06. The maximum Gasteiger partial charge on any atom is 0.134 e. The summed E-state index contributed by atoms with van der Waals surface area (Å²) < 4.78 is 0. The van der Waals surface area contributed by atoms with E-state index in [1.165, 1.54) is 32.1 Å². The van der Waals surface area contributed by atoms with Crippen LogP contribution in [0, 0.1) is 6.92 Å². The second kappa shape index (κ2) is 6.03. The van der Waals surface area contributed by atoms with Crippen LogP contribution >= 0.6 is 0 Å². The summed E-state index contributed by atoms with van der Waals surface area (Å²) in [5, 5.41) is 6.76. The molecule has 1 aliphatic carbocycles. The summed E-state index contributed by atoms with van der Waals surface area (Å²) in [5.41, 5.74) is 1.13. The van der Waals surface area contributed by atoms with Gasteiger partial charge >= 0.3 is 0 Å². The molecule has 2 N–H and O–H groups in total. The van der Waals surface area contributed by atoms with E-state index in [9.17, 15) is 0 Å². The molecule has 4 nitrogen and oxygen atoms in total. The van der Waals surface area contributed by atoms with Gasteiger partial charge in [-0.3, -0.25) is 0 Å². The minimum atomic E-state index is 0.585. The number of nitrogens with one attached hydrogen (secondary N) is 2. The average Bonchev–Trinajstić information content (AvgIpc) is 2.42. The summed E-state index contributed by atoms with van der Waals surface area (Å²) in [6, 6.07) is 0.585. The van der Waals surface area contributed by atoms with Crippen molar-refractivity contribution in [2.75, 3.05) is 17.7 Å². The molecule has 4 heteroatoms. The highest BCUT2D eigenvalue weighted by Gasteiger charge is 2.16. The van der Waals surface area contributed by atoms with Crippen molar-refractivity contribution in [3.63, 3.8) is 0 Å². The number of aryl methyl sites for hydroxylation is 1. The highest BCUT2D eigenvalue weighted by atomic mass is 15.1. The number of nitrogens with zero attached hydrogens (tertiary/aromatic N) is 2. The highest BCUT2D eigenvalue weighted by molar-refractivity contribution is 5.57. The summed E-state index contributed by atoms with van der Waals surface area (Å²) in [5.74, 6) is 2.86. The monoisotopic (exact) mass is 248 g/mol. The fourth-order valence-electron chi connectivity index (χ4n) is 2.55. The third-order valence-electron chi connectivity index (χ3n) is 3.69. The summed E-state index contributed by atoms with van der Waals surface area (Å²) >= 11 is 0. The van der Waals surface area contributed by atoms with Gasteiger partial charge in [0.25, 0.3) is 0 Å². The lowest BCUT2D eigenvalue weighted by Crippen LogP contribution is -2.24. The molecule has 1 saturated carbocycles. The van der Waals surface area contributed by atoms with Gasteiger partial charge in [0.2, 0.25) is 0 Å². The quantitative estimate of drug-likeness (QED) is 0.859. The van der Waals surface area contributed by atoms with Crippen molar-refractivity contribution in [1.29, 1.82) is 0 Å². The fraction of sp³-hybridized carbons (Fsp3) is 0.714. The number of rotatable bonds is 4. The first-order chi connectivity index (χ1) is 8.74. The van der Waals surface area contributed by atoms with Gasteiger partial charge in [-0.15, -0.1) is 0 Å². The van der Waals surface area contributed by atoms with E-state index in [0.29, 0.717) is 6.04 Å². The Morgan fingerprint density at radius 2 is 1.78 bits per heavy atom. The summed E-state index contributed by atoms with van der Waals surface area (Å²) in [6.07, 6.45) is 7.44. The minimum Gasteiger partial charge on any atom is -0.373 e. The van der Waals surface area contributed by atoms with Gasteiger partial charge in [0, 0.05) is 25.1 Å².